The summed E-state index contributed by atoms with van der Waals surface area (Å²) >= 11 is 0. The number of carbonyl (C=O) groups is 3. The Hall–Kier alpha value is -1.52. The molecule has 1 atom stereocenters. The van der Waals surface area contributed by atoms with Crippen molar-refractivity contribution in [2.24, 2.45) is 11.7 Å². The Balaban J connectivity index is 4.60. The third kappa shape index (κ3) is 2.29. The first kappa shape index (κ1) is 9.48. The van der Waals surface area contributed by atoms with Gasteiger partial charge in [0.05, 0.1) is 5.71 Å². The van der Waals surface area contributed by atoms with Crippen LogP contribution in [0.15, 0.2) is 0 Å². The number of ketones is 1. The van der Waals surface area contributed by atoms with Gasteiger partial charge in [-0.05, 0) is 6.92 Å². The average Bonchev–Trinajstić information content (AvgIpc) is 1.85. The van der Waals surface area contributed by atoms with Crippen LogP contribution >= 0.6 is 0 Å². The molecule has 3 N–H and O–H groups in total. The van der Waals surface area contributed by atoms with E-state index in [2.05, 4.69) is 0 Å². The molecule has 0 rings (SSSR count). The lowest BCUT2D eigenvalue weighted by atomic mass is 10.00. The van der Waals surface area contributed by atoms with E-state index >= 15 is 0 Å². The number of Topliss-reactive ketones (excluding diaryl/α,β-unsaturated/α-hetero) is 1. The molecule has 0 aliphatic rings. The zero-order valence-corrected chi connectivity index (χ0v) is 5.96. The smallest absolute Gasteiger partial charge is 0.234 e. The number of amides is 1. The Labute approximate surface area is 63.1 Å². The minimum atomic E-state index is -1.38. The number of primary amides is 1. The second-order valence-electron chi connectivity index (χ2n) is 2.02. The number of hydrogen-bond acceptors (Lipinski definition) is 4. The summed E-state index contributed by atoms with van der Waals surface area (Å²) in [6.45, 7) is 1.10. The normalized spacial score (nSPS) is 11.7. The average molecular weight is 156 g/mol. The summed E-state index contributed by atoms with van der Waals surface area (Å²) in [6, 6.07) is 0. The molecule has 0 aromatic carbocycles. The molecule has 0 spiro atoms. The van der Waals surface area contributed by atoms with Crippen molar-refractivity contribution in [3.05, 3.63) is 0 Å². The number of aldehydes is 1. The molecule has 0 heterocycles. The second kappa shape index (κ2) is 3.60. The summed E-state index contributed by atoms with van der Waals surface area (Å²) in [4.78, 5) is 31.0. The van der Waals surface area contributed by atoms with E-state index in [1.165, 1.54) is 0 Å². The van der Waals surface area contributed by atoms with Crippen LogP contribution in [0.5, 0.6) is 0 Å². The Kier molecular flexibility index (Phi) is 3.10. The fraction of sp³-hybridized carbons (Fsp3) is 0.333. The van der Waals surface area contributed by atoms with Crippen LogP contribution in [0.3, 0.4) is 0 Å². The first-order valence-electron chi connectivity index (χ1n) is 2.84. The molecule has 0 fully saturated rings. The van der Waals surface area contributed by atoms with Gasteiger partial charge in [0.15, 0.2) is 6.29 Å². The Morgan fingerprint density at radius 1 is 1.55 bits per heavy atom. The van der Waals surface area contributed by atoms with E-state index in [0.717, 1.165) is 6.92 Å². The summed E-state index contributed by atoms with van der Waals surface area (Å²) in [5.41, 5.74) is 4.16. The third-order valence-corrected chi connectivity index (χ3v) is 1.13. The van der Waals surface area contributed by atoms with Crippen LogP contribution in [-0.4, -0.2) is 23.7 Å². The standard InChI is InChI=1S/C6H8N2O3/c1-3(10)5(6(8)11)4(7)2-9/h2,5,7H,1H3,(H2,8,11). The molecule has 0 aliphatic heterocycles. The number of hydrogen-bond donors (Lipinski definition) is 2. The van der Waals surface area contributed by atoms with Crippen LogP contribution in [0, 0.1) is 11.3 Å². The van der Waals surface area contributed by atoms with E-state index < -0.39 is 23.3 Å². The lowest BCUT2D eigenvalue weighted by Gasteiger charge is -2.04. The fourth-order valence-electron chi connectivity index (χ4n) is 0.641. The number of nitrogens with two attached hydrogens (primary N) is 1. The van der Waals surface area contributed by atoms with Gasteiger partial charge in [0.1, 0.15) is 11.7 Å². The van der Waals surface area contributed by atoms with E-state index in [1.807, 2.05) is 0 Å². The van der Waals surface area contributed by atoms with Crippen molar-refractivity contribution < 1.29 is 14.4 Å². The SMILES string of the molecule is CC(=O)C(C(=N)C=O)C(N)=O. The molecule has 0 aliphatic carbocycles. The lowest BCUT2D eigenvalue weighted by Crippen LogP contribution is -2.35. The summed E-state index contributed by atoms with van der Waals surface area (Å²) in [6.07, 6.45) is 0.136. The van der Waals surface area contributed by atoms with Crippen molar-refractivity contribution in [1.82, 2.24) is 0 Å². The quantitative estimate of drug-likeness (QED) is 0.306. The highest BCUT2D eigenvalue weighted by Gasteiger charge is 2.24. The van der Waals surface area contributed by atoms with Crippen LogP contribution < -0.4 is 5.73 Å². The van der Waals surface area contributed by atoms with Crippen molar-refractivity contribution in [1.29, 1.82) is 5.41 Å². The van der Waals surface area contributed by atoms with Gasteiger partial charge in [-0.3, -0.25) is 14.4 Å². The molecular formula is C6H8N2O3. The lowest BCUT2D eigenvalue weighted by molar-refractivity contribution is -0.128. The van der Waals surface area contributed by atoms with Crippen molar-refractivity contribution in [3.63, 3.8) is 0 Å². The third-order valence-electron chi connectivity index (χ3n) is 1.13. The van der Waals surface area contributed by atoms with E-state index in [0.29, 0.717) is 0 Å². The van der Waals surface area contributed by atoms with Crippen LogP contribution in [-0.2, 0) is 14.4 Å². The highest BCUT2D eigenvalue weighted by molar-refractivity contribution is 6.38. The number of nitrogens with one attached hydrogen (secondary N) is 1. The maximum atomic E-state index is 10.6. The predicted molar refractivity (Wildman–Crippen MR) is 37.2 cm³/mol. The molecule has 0 saturated heterocycles. The van der Waals surface area contributed by atoms with Gasteiger partial charge in [-0.25, -0.2) is 0 Å². The van der Waals surface area contributed by atoms with Gasteiger partial charge in [0.25, 0.3) is 0 Å². The van der Waals surface area contributed by atoms with E-state index in [4.69, 9.17) is 11.1 Å². The summed E-state index contributed by atoms with van der Waals surface area (Å²) in [5.74, 6) is -2.93. The minimum absolute atomic E-state index is 0.136. The molecule has 0 bridgehead atoms. The van der Waals surface area contributed by atoms with Gasteiger partial charge >= 0.3 is 0 Å². The topological polar surface area (TPSA) is 101 Å². The molecule has 5 heteroatoms. The van der Waals surface area contributed by atoms with Gasteiger partial charge in [-0.1, -0.05) is 0 Å². The first-order valence-corrected chi connectivity index (χ1v) is 2.84. The Morgan fingerprint density at radius 3 is 2.09 bits per heavy atom. The number of carbonyl (C=O) groups excluding carboxylic acids is 3. The monoisotopic (exact) mass is 156 g/mol. The molecular weight excluding hydrogens is 148 g/mol. The maximum Gasteiger partial charge on any atom is 0.234 e. The molecule has 5 nitrogen and oxygen atoms in total. The van der Waals surface area contributed by atoms with Crippen molar-refractivity contribution >= 4 is 23.7 Å². The largest absolute Gasteiger partial charge is 0.369 e. The fourth-order valence-corrected chi connectivity index (χ4v) is 0.641. The van der Waals surface area contributed by atoms with Crippen molar-refractivity contribution in [2.75, 3.05) is 0 Å². The molecule has 0 aromatic heterocycles. The Bertz CT molecular complexity index is 208. The molecule has 1 unspecified atom stereocenters. The van der Waals surface area contributed by atoms with Crippen molar-refractivity contribution in [2.45, 2.75) is 6.92 Å². The maximum absolute atomic E-state index is 10.6. The molecule has 60 valence electrons. The highest BCUT2D eigenvalue weighted by Crippen LogP contribution is 1.97. The van der Waals surface area contributed by atoms with Crippen LogP contribution in [0.1, 0.15) is 6.92 Å². The van der Waals surface area contributed by atoms with Gasteiger partial charge in [0.2, 0.25) is 5.91 Å². The van der Waals surface area contributed by atoms with Crippen LogP contribution in [0.25, 0.3) is 0 Å². The van der Waals surface area contributed by atoms with E-state index in [9.17, 15) is 14.4 Å². The zero-order chi connectivity index (χ0) is 9.02. The molecule has 0 radical (unpaired) electrons. The van der Waals surface area contributed by atoms with Crippen molar-refractivity contribution in [3.8, 4) is 0 Å². The minimum Gasteiger partial charge on any atom is -0.369 e. The summed E-state index contributed by atoms with van der Waals surface area (Å²) < 4.78 is 0. The zero-order valence-electron chi connectivity index (χ0n) is 5.96. The first-order chi connectivity index (χ1) is 5.00. The van der Waals surface area contributed by atoms with Crippen LogP contribution in [0.4, 0.5) is 0 Å². The molecule has 0 saturated carbocycles. The van der Waals surface area contributed by atoms with Gasteiger partial charge in [0, 0.05) is 0 Å². The molecule has 11 heavy (non-hydrogen) atoms. The second-order valence-corrected chi connectivity index (χ2v) is 2.02. The Morgan fingerprint density at radius 2 is 2.00 bits per heavy atom. The van der Waals surface area contributed by atoms with Crippen LogP contribution in [0.2, 0.25) is 0 Å². The van der Waals surface area contributed by atoms with Gasteiger partial charge < -0.3 is 11.1 Å². The molecule has 1 amide bonds. The van der Waals surface area contributed by atoms with Gasteiger partial charge in [-0.15, -0.1) is 0 Å². The van der Waals surface area contributed by atoms with E-state index in [-0.39, 0.29) is 6.29 Å². The summed E-state index contributed by atoms with van der Waals surface area (Å²) in [7, 11) is 0. The molecule has 0 aromatic rings. The van der Waals surface area contributed by atoms with E-state index in [1.54, 1.807) is 0 Å². The highest BCUT2D eigenvalue weighted by atomic mass is 16.2. The van der Waals surface area contributed by atoms with Gasteiger partial charge in [-0.2, -0.15) is 0 Å². The summed E-state index contributed by atoms with van der Waals surface area (Å²) in [5, 5.41) is 6.87. The number of rotatable bonds is 4. The predicted octanol–water partition coefficient (Wildman–Crippen LogP) is -1.10.